The maximum absolute atomic E-state index is 4.45. The first-order chi connectivity index (χ1) is 14.7. The van der Waals surface area contributed by atoms with E-state index in [4.69, 9.17) is 0 Å². The third-order valence-corrected chi connectivity index (χ3v) is 4.34. The summed E-state index contributed by atoms with van der Waals surface area (Å²) in [5.41, 5.74) is 6.75. The van der Waals surface area contributed by atoms with E-state index >= 15 is 0 Å². The van der Waals surface area contributed by atoms with Gasteiger partial charge in [0.2, 0.25) is 0 Å². The SMILES string of the molecule is C=C(Nc1cncc(CC)c1)c1n[nH]c2ccc(-c3cccnc3)cc12.CC.CC. The second-order valence-electron chi connectivity index (χ2n) is 6.11. The van der Waals surface area contributed by atoms with Gasteiger partial charge in [-0.05, 0) is 41.8 Å². The van der Waals surface area contributed by atoms with Gasteiger partial charge < -0.3 is 5.32 Å². The summed E-state index contributed by atoms with van der Waals surface area (Å²) in [5, 5.41) is 11.9. The van der Waals surface area contributed by atoms with Crippen LogP contribution >= 0.6 is 0 Å². The quantitative estimate of drug-likeness (QED) is 0.390. The van der Waals surface area contributed by atoms with Gasteiger partial charge in [0.05, 0.1) is 23.1 Å². The van der Waals surface area contributed by atoms with Gasteiger partial charge in [0, 0.05) is 29.5 Å². The molecule has 0 bridgehead atoms. The Morgan fingerprint density at radius 1 is 0.967 bits per heavy atom. The normalized spacial score (nSPS) is 9.77. The van der Waals surface area contributed by atoms with Gasteiger partial charge in [-0.15, -0.1) is 0 Å². The van der Waals surface area contributed by atoms with Crippen molar-refractivity contribution in [2.75, 3.05) is 5.32 Å². The summed E-state index contributed by atoms with van der Waals surface area (Å²) in [6.45, 7) is 14.3. The van der Waals surface area contributed by atoms with Crippen LogP contribution < -0.4 is 5.32 Å². The fourth-order valence-electron chi connectivity index (χ4n) is 2.94. The van der Waals surface area contributed by atoms with Crippen LogP contribution in [-0.4, -0.2) is 20.2 Å². The monoisotopic (exact) mass is 401 g/mol. The average Bonchev–Trinajstić information content (AvgIpc) is 3.26. The number of aromatic nitrogens is 4. The van der Waals surface area contributed by atoms with Crippen LogP contribution in [0.3, 0.4) is 0 Å². The van der Waals surface area contributed by atoms with E-state index in [2.05, 4.69) is 57.2 Å². The Morgan fingerprint density at radius 3 is 2.47 bits per heavy atom. The predicted molar refractivity (Wildman–Crippen MR) is 128 cm³/mol. The van der Waals surface area contributed by atoms with Crippen LogP contribution in [0.5, 0.6) is 0 Å². The minimum Gasteiger partial charge on any atom is -0.353 e. The van der Waals surface area contributed by atoms with Crippen molar-refractivity contribution in [2.24, 2.45) is 0 Å². The Hall–Kier alpha value is -3.47. The third-order valence-electron chi connectivity index (χ3n) is 4.34. The molecule has 2 N–H and O–H groups in total. The number of fused-ring (bicyclic) bond motifs is 1. The highest BCUT2D eigenvalue weighted by Crippen LogP contribution is 2.28. The molecule has 0 radical (unpaired) electrons. The van der Waals surface area contributed by atoms with E-state index < -0.39 is 0 Å². The number of aromatic amines is 1. The molecule has 4 rings (SSSR count). The highest BCUT2D eigenvalue weighted by atomic mass is 15.1. The summed E-state index contributed by atoms with van der Waals surface area (Å²) in [4.78, 5) is 8.47. The summed E-state index contributed by atoms with van der Waals surface area (Å²) in [6, 6.07) is 12.3. The number of aryl methyl sites for hydroxylation is 1. The second kappa shape index (κ2) is 11.5. The number of H-pyrrole nitrogens is 1. The van der Waals surface area contributed by atoms with E-state index in [9.17, 15) is 0 Å². The van der Waals surface area contributed by atoms with E-state index in [0.29, 0.717) is 0 Å². The minimum absolute atomic E-state index is 0.731. The molecule has 0 spiro atoms. The van der Waals surface area contributed by atoms with Crippen molar-refractivity contribution in [3.05, 3.63) is 79.0 Å². The van der Waals surface area contributed by atoms with Gasteiger partial charge in [0.25, 0.3) is 0 Å². The highest BCUT2D eigenvalue weighted by molar-refractivity contribution is 5.94. The summed E-state index contributed by atoms with van der Waals surface area (Å²) in [5.74, 6) is 0. The molecule has 156 valence electrons. The molecule has 0 aliphatic rings. The highest BCUT2D eigenvalue weighted by Gasteiger charge is 2.11. The molecule has 0 aliphatic carbocycles. The topological polar surface area (TPSA) is 66.5 Å². The zero-order chi connectivity index (χ0) is 21.9. The van der Waals surface area contributed by atoms with Gasteiger partial charge in [0.15, 0.2) is 0 Å². The molecule has 3 heterocycles. The Balaban J connectivity index is 0.000000757. The molecular formula is C25H31N5. The zero-order valence-electron chi connectivity index (χ0n) is 18.5. The summed E-state index contributed by atoms with van der Waals surface area (Å²) in [7, 11) is 0. The minimum atomic E-state index is 0.731. The molecule has 5 heteroatoms. The molecule has 0 amide bonds. The van der Waals surface area contributed by atoms with Crippen molar-refractivity contribution in [1.82, 2.24) is 20.2 Å². The fourth-order valence-corrected chi connectivity index (χ4v) is 2.94. The predicted octanol–water partition coefficient (Wildman–Crippen LogP) is 6.72. The van der Waals surface area contributed by atoms with Gasteiger partial charge in [0.1, 0.15) is 5.69 Å². The van der Waals surface area contributed by atoms with Crippen molar-refractivity contribution in [2.45, 2.75) is 41.0 Å². The second-order valence-corrected chi connectivity index (χ2v) is 6.11. The Morgan fingerprint density at radius 2 is 1.77 bits per heavy atom. The molecule has 1 aromatic carbocycles. The van der Waals surface area contributed by atoms with Crippen molar-refractivity contribution >= 4 is 22.3 Å². The van der Waals surface area contributed by atoms with Crippen LogP contribution in [0.4, 0.5) is 5.69 Å². The fraction of sp³-hybridized carbons (Fsp3) is 0.240. The van der Waals surface area contributed by atoms with Gasteiger partial charge >= 0.3 is 0 Å². The number of nitrogens with one attached hydrogen (secondary N) is 2. The lowest BCUT2D eigenvalue weighted by molar-refractivity contribution is 1.09. The van der Waals surface area contributed by atoms with Crippen molar-refractivity contribution < 1.29 is 0 Å². The molecule has 0 aliphatic heterocycles. The molecule has 3 aromatic heterocycles. The number of hydrogen-bond donors (Lipinski definition) is 2. The van der Waals surface area contributed by atoms with Gasteiger partial charge in [-0.1, -0.05) is 53.3 Å². The average molecular weight is 402 g/mol. The number of hydrogen-bond acceptors (Lipinski definition) is 4. The van der Waals surface area contributed by atoms with Gasteiger partial charge in [-0.2, -0.15) is 5.10 Å². The van der Waals surface area contributed by atoms with Crippen LogP contribution in [0.1, 0.15) is 45.9 Å². The van der Waals surface area contributed by atoms with Crippen LogP contribution in [0, 0.1) is 0 Å². The number of nitrogens with zero attached hydrogens (tertiary/aromatic N) is 3. The zero-order valence-corrected chi connectivity index (χ0v) is 18.5. The lowest BCUT2D eigenvalue weighted by Gasteiger charge is -2.09. The van der Waals surface area contributed by atoms with Gasteiger partial charge in [-0.3, -0.25) is 15.1 Å². The van der Waals surface area contributed by atoms with E-state index in [1.165, 1.54) is 5.56 Å². The van der Waals surface area contributed by atoms with Crippen LogP contribution in [-0.2, 0) is 6.42 Å². The first-order valence-corrected chi connectivity index (χ1v) is 10.5. The van der Waals surface area contributed by atoms with Crippen LogP contribution in [0.25, 0.3) is 27.7 Å². The molecular weight excluding hydrogens is 370 g/mol. The summed E-state index contributed by atoms with van der Waals surface area (Å²) < 4.78 is 0. The summed E-state index contributed by atoms with van der Waals surface area (Å²) in [6.07, 6.45) is 8.23. The maximum Gasteiger partial charge on any atom is 0.116 e. The Bertz CT molecular complexity index is 1070. The number of pyridine rings is 2. The lowest BCUT2D eigenvalue weighted by atomic mass is 10.0. The van der Waals surface area contributed by atoms with Crippen molar-refractivity contribution in [3.8, 4) is 11.1 Å². The first kappa shape index (κ1) is 22.8. The number of rotatable bonds is 5. The standard InChI is InChI=1S/C21H19N5.2C2H6/c1-3-15-9-18(13-23-11-15)24-14(2)21-19-10-16(6-7-20(19)25-26-21)17-5-4-8-22-12-17;2*1-2/h4-13,24H,2-3H2,1H3,(H,25,26);2*1-2H3. The largest absolute Gasteiger partial charge is 0.353 e. The molecule has 30 heavy (non-hydrogen) atoms. The molecule has 0 saturated carbocycles. The van der Waals surface area contributed by atoms with Crippen molar-refractivity contribution in [3.63, 3.8) is 0 Å². The first-order valence-electron chi connectivity index (χ1n) is 10.5. The van der Waals surface area contributed by atoms with E-state index in [1.807, 2.05) is 58.3 Å². The Kier molecular flexibility index (Phi) is 8.75. The summed E-state index contributed by atoms with van der Waals surface area (Å²) >= 11 is 0. The van der Waals surface area contributed by atoms with E-state index in [0.717, 1.165) is 45.5 Å². The molecule has 0 fully saturated rings. The van der Waals surface area contributed by atoms with E-state index in [-0.39, 0.29) is 0 Å². The molecule has 4 aromatic rings. The lowest BCUT2D eigenvalue weighted by Crippen LogP contribution is -1.99. The Labute approximate surface area is 179 Å². The van der Waals surface area contributed by atoms with Gasteiger partial charge in [-0.25, -0.2) is 0 Å². The van der Waals surface area contributed by atoms with Crippen LogP contribution in [0.15, 0.2) is 67.8 Å². The molecule has 0 unspecified atom stereocenters. The number of anilines is 1. The van der Waals surface area contributed by atoms with E-state index in [1.54, 1.807) is 12.4 Å². The van der Waals surface area contributed by atoms with Crippen molar-refractivity contribution in [1.29, 1.82) is 0 Å². The molecule has 0 saturated heterocycles. The molecule has 5 nitrogen and oxygen atoms in total. The number of benzene rings is 1. The molecule has 0 atom stereocenters. The maximum atomic E-state index is 4.45. The third kappa shape index (κ3) is 5.32. The smallest absolute Gasteiger partial charge is 0.116 e. The van der Waals surface area contributed by atoms with Crippen LogP contribution in [0.2, 0.25) is 0 Å².